The van der Waals surface area contributed by atoms with Crippen LogP contribution in [0.25, 0.3) is 15.9 Å². The number of hydrazine groups is 1. The lowest BCUT2D eigenvalue weighted by Crippen LogP contribution is -2.28. The van der Waals surface area contributed by atoms with Crippen LogP contribution in [-0.4, -0.2) is 9.55 Å². The van der Waals surface area contributed by atoms with E-state index >= 15 is 0 Å². The molecule has 0 fully saturated rings. The summed E-state index contributed by atoms with van der Waals surface area (Å²) in [5.41, 5.74) is 4.79. The Morgan fingerprint density at radius 2 is 2.00 bits per heavy atom. The molecule has 2 heterocycles. The molecule has 3 aromatic rings. The van der Waals surface area contributed by atoms with Gasteiger partial charge >= 0.3 is 0 Å². The van der Waals surface area contributed by atoms with Gasteiger partial charge in [0, 0.05) is 4.88 Å². The summed E-state index contributed by atoms with van der Waals surface area (Å²) in [4.78, 5) is 20.1. The van der Waals surface area contributed by atoms with Gasteiger partial charge in [-0.3, -0.25) is 10.2 Å². The summed E-state index contributed by atoms with van der Waals surface area (Å²) in [6.45, 7) is 6.90. The third-order valence-corrected chi connectivity index (χ3v) is 6.60. The summed E-state index contributed by atoms with van der Waals surface area (Å²) in [6.07, 6.45) is 3.08. The summed E-state index contributed by atoms with van der Waals surface area (Å²) in [7, 11) is 0. The molecule has 1 aromatic carbocycles. The Bertz CT molecular complexity index is 1010. The number of aromatic nitrogens is 2. The van der Waals surface area contributed by atoms with Crippen molar-refractivity contribution >= 4 is 27.5 Å². The summed E-state index contributed by atoms with van der Waals surface area (Å²) in [5.74, 6) is 6.69. The fourth-order valence-corrected chi connectivity index (χ4v) is 5.17. The highest BCUT2D eigenvalue weighted by Crippen LogP contribution is 2.42. The second-order valence-electron chi connectivity index (χ2n) is 8.05. The molecule has 2 aromatic heterocycles. The van der Waals surface area contributed by atoms with Crippen LogP contribution in [0.2, 0.25) is 0 Å². The van der Waals surface area contributed by atoms with Crippen molar-refractivity contribution in [2.24, 2.45) is 17.2 Å². The minimum atomic E-state index is -0.0409. The summed E-state index contributed by atoms with van der Waals surface area (Å²) < 4.78 is 1.57. The fraction of sp³-hybridized carbons (Fsp3) is 0.400. The number of nitrogens with zero attached hydrogens (tertiary/aromatic N) is 2. The van der Waals surface area contributed by atoms with Crippen molar-refractivity contribution in [3.8, 4) is 5.69 Å². The standard InChI is InChI=1S/C20H24N4OS/c1-20(2,3)12-9-10-14-15(11-12)26-17-16(14)18(25)24(19(22-17)23-21)13-7-5-4-6-8-13/h4-8,12H,9-11,21H2,1-3H3,(H,22,23)/t12-/m0/s1. The predicted molar refractivity (Wildman–Crippen MR) is 108 cm³/mol. The molecule has 0 amide bonds. The van der Waals surface area contributed by atoms with Crippen molar-refractivity contribution in [1.29, 1.82) is 0 Å². The first-order valence-corrected chi connectivity index (χ1v) is 9.81. The first-order valence-electron chi connectivity index (χ1n) is 8.99. The van der Waals surface area contributed by atoms with Gasteiger partial charge in [-0.05, 0) is 48.3 Å². The Morgan fingerprint density at radius 1 is 1.27 bits per heavy atom. The van der Waals surface area contributed by atoms with Gasteiger partial charge in [-0.2, -0.15) is 0 Å². The zero-order chi connectivity index (χ0) is 18.5. The summed E-state index contributed by atoms with van der Waals surface area (Å²) in [6, 6.07) is 9.52. The van der Waals surface area contributed by atoms with Crippen LogP contribution < -0.4 is 16.8 Å². The van der Waals surface area contributed by atoms with Crippen molar-refractivity contribution in [3.63, 3.8) is 0 Å². The molecule has 0 spiro atoms. The van der Waals surface area contributed by atoms with E-state index in [2.05, 4.69) is 31.2 Å². The van der Waals surface area contributed by atoms with Gasteiger partial charge in [0.15, 0.2) is 0 Å². The number of hydrogen-bond acceptors (Lipinski definition) is 5. The second kappa shape index (κ2) is 6.21. The maximum Gasteiger partial charge on any atom is 0.268 e. The van der Waals surface area contributed by atoms with Crippen LogP contribution in [0.15, 0.2) is 35.1 Å². The van der Waals surface area contributed by atoms with Crippen molar-refractivity contribution in [2.45, 2.75) is 40.0 Å². The van der Waals surface area contributed by atoms with E-state index in [4.69, 9.17) is 5.84 Å². The van der Waals surface area contributed by atoms with E-state index in [1.807, 2.05) is 30.3 Å². The van der Waals surface area contributed by atoms with E-state index in [-0.39, 0.29) is 11.0 Å². The third-order valence-electron chi connectivity index (χ3n) is 5.45. The number of fused-ring (bicyclic) bond motifs is 3. The van der Waals surface area contributed by atoms with Crippen LogP contribution in [0.3, 0.4) is 0 Å². The van der Waals surface area contributed by atoms with Crippen molar-refractivity contribution < 1.29 is 0 Å². The molecule has 1 aliphatic rings. The maximum atomic E-state index is 13.4. The lowest BCUT2D eigenvalue weighted by molar-refractivity contribution is 0.218. The van der Waals surface area contributed by atoms with Crippen LogP contribution in [0.4, 0.5) is 5.95 Å². The second-order valence-corrected chi connectivity index (χ2v) is 9.13. The lowest BCUT2D eigenvalue weighted by atomic mass is 9.72. The lowest BCUT2D eigenvalue weighted by Gasteiger charge is -2.33. The maximum absolute atomic E-state index is 13.4. The van der Waals surface area contributed by atoms with E-state index in [1.54, 1.807) is 15.9 Å². The van der Waals surface area contributed by atoms with Gasteiger partial charge in [-0.15, -0.1) is 11.3 Å². The van der Waals surface area contributed by atoms with Crippen LogP contribution >= 0.6 is 11.3 Å². The Kier molecular flexibility index (Phi) is 4.12. The number of aryl methyl sites for hydroxylation is 1. The molecule has 6 heteroatoms. The highest BCUT2D eigenvalue weighted by atomic mass is 32.1. The molecule has 0 bridgehead atoms. The number of hydrogen-bond donors (Lipinski definition) is 2. The van der Waals surface area contributed by atoms with E-state index < -0.39 is 0 Å². The highest BCUT2D eigenvalue weighted by molar-refractivity contribution is 7.18. The number of nitrogens with one attached hydrogen (secondary N) is 1. The van der Waals surface area contributed by atoms with Crippen molar-refractivity contribution in [2.75, 3.05) is 5.43 Å². The van der Waals surface area contributed by atoms with Crippen molar-refractivity contribution in [1.82, 2.24) is 9.55 Å². The molecule has 3 N–H and O–H groups in total. The monoisotopic (exact) mass is 368 g/mol. The van der Waals surface area contributed by atoms with Gasteiger partial charge in [-0.1, -0.05) is 39.0 Å². The average molecular weight is 369 g/mol. The zero-order valence-corrected chi connectivity index (χ0v) is 16.2. The molecular formula is C20H24N4OS. The van der Waals surface area contributed by atoms with Gasteiger partial charge in [-0.25, -0.2) is 15.4 Å². The normalized spacial score (nSPS) is 17.3. The minimum absolute atomic E-state index is 0.0409. The molecule has 136 valence electrons. The highest BCUT2D eigenvalue weighted by Gasteiger charge is 2.32. The molecule has 0 saturated carbocycles. The Hall–Kier alpha value is -2.18. The Balaban J connectivity index is 1.93. The quantitative estimate of drug-likeness (QED) is 0.532. The van der Waals surface area contributed by atoms with Crippen LogP contribution in [0, 0.1) is 11.3 Å². The zero-order valence-electron chi connectivity index (χ0n) is 15.4. The van der Waals surface area contributed by atoms with E-state index in [0.29, 0.717) is 11.9 Å². The molecule has 0 saturated heterocycles. The molecule has 4 rings (SSSR count). The third kappa shape index (κ3) is 2.73. The molecular weight excluding hydrogens is 344 g/mol. The minimum Gasteiger partial charge on any atom is -0.293 e. The number of nitrogens with two attached hydrogens (primary N) is 1. The largest absolute Gasteiger partial charge is 0.293 e. The molecule has 26 heavy (non-hydrogen) atoms. The van der Waals surface area contributed by atoms with E-state index in [1.165, 1.54) is 10.4 Å². The van der Waals surface area contributed by atoms with Gasteiger partial charge in [0.2, 0.25) is 5.95 Å². The van der Waals surface area contributed by atoms with Gasteiger partial charge < -0.3 is 0 Å². The molecule has 1 aliphatic carbocycles. The van der Waals surface area contributed by atoms with E-state index in [9.17, 15) is 4.79 Å². The molecule has 0 radical (unpaired) electrons. The molecule has 1 atom stereocenters. The SMILES string of the molecule is CC(C)(C)[C@H]1CCc2c(sc3nc(NN)n(-c4ccccc4)c(=O)c23)C1. The topological polar surface area (TPSA) is 72.9 Å². The van der Waals surface area contributed by atoms with E-state index in [0.717, 1.165) is 35.2 Å². The predicted octanol–water partition coefficient (Wildman–Crippen LogP) is 3.88. The molecule has 0 aliphatic heterocycles. The number of thiophene rings is 1. The Labute approximate surface area is 156 Å². The number of nitrogen functional groups attached to an aromatic ring is 1. The number of rotatable bonds is 2. The van der Waals surface area contributed by atoms with Crippen molar-refractivity contribution in [3.05, 3.63) is 51.1 Å². The van der Waals surface area contributed by atoms with Gasteiger partial charge in [0.25, 0.3) is 5.56 Å². The smallest absolute Gasteiger partial charge is 0.268 e. The first-order chi connectivity index (χ1) is 12.4. The average Bonchev–Trinajstić information content (AvgIpc) is 2.99. The Morgan fingerprint density at radius 3 is 2.65 bits per heavy atom. The number of para-hydroxylation sites is 1. The van der Waals surface area contributed by atoms with Crippen LogP contribution in [0.5, 0.6) is 0 Å². The summed E-state index contributed by atoms with van der Waals surface area (Å²) >= 11 is 1.65. The number of anilines is 1. The molecule has 5 nitrogen and oxygen atoms in total. The fourth-order valence-electron chi connectivity index (χ4n) is 3.88. The van der Waals surface area contributed by atoms with Gasteiger partial charge in [0.05, 0.1) is 11.1 Å². The first kappa shape index (κ1) is 17.2. The summed E-state index contributed by atoms with van der Waals surface area (Å²) in [5, 5.41) is 0.764. The number of benzene rings is 1. The van der Waals surface area contributed by atoms with Crippen LogP contribution in [0.1, 0.15) is 37.6 Å². The van der Waals surface area contributed by atoms with Gasteiger partial charge in [0.1, 0.15) is 4.83 Å². The molecule has 0 unspecified atom stereocenters. The van der Waals surface area contributed by atoms with Crippen LogP contribution in [-0.2, 0) is 12.8 Å².